The van der Waals surface area contributed by atoms with Crippen LogP contribution in [0.15, 0.2) is 54.6 Å². The van der Waals surface area contributed by atoms with Crippen molar-refractivity contribution < 1.29 is 14.5 Å². The number of hydrogen-bond donors (Lipinski definition) is 2. The normalized spacial score (nSPS) is 22.8. The maximum absolute atomic E-state index is 13.2. The number of carbonyl (C=O) groups excluding carboxylic acids is 2. The minimum absolute atomic E-state index is 0.165. The van der Waals surface area contributed by atoms with E-state index in [2.05, 4.69) is 43.4 Å². The maximum Gasteiger partial charge on any atom is 0.329 e. The summed E-state index contributed by atoms with van der Waals surface area (Å²) in [6.07, 6.45) is 2.30. The predicted molar refractivity (Wildman–Crippen MR) is 112 cm³/mol. The highest BCUT2D eigenvalue weighted by Crippen LogP contribution is 2.28. The Kier molecular flexibility index (Phi) is 5.17. The van der Waals surface area contributed by atoms with E-state index < -0.39 is 5.54 Å². The Morgan fingerprint density at radius 1 is 1.07 bits per heavy atom. The molecule has 2 N–H and O–H groups in total. The Morgan fingerprint density at radius 3 is 2.31 bits per heavy atom. The second kappa shape index (κ2) is 7.64. The summed E-state index contributed by atoms with van der Waals surface area (Å²) in [5.41, 5.74) is 2.40. The van der Waals surface area contributed by atoms with E-state index in [1.54, 1.807) is 6.92 Å². The van der Waals surface area contributed by atoms with E-state index in [1.165, 1.54) is 20.9 Å². The second-order valence-electron chi connectivity index (χ2n) is 8.82. The molecule has 1 saturated carbocycles. The van der Waals surface area contributed by atoms with E-state index in [0.717, 1.165) is 24.9 Å². The molecule has 5 heteroatoms. The number of nitrogens with one attached hydrogen (secondary N) is 2. The third kappa shape index (κ3) is 3.92. The molecular weight excluding hydrogens is 362 g/mol. The molecule has 4 rings (SSSR count). The van der Waals surface area contributed by atoms with Gasteiger partial charge in [0.25, 0.3) is 5.91 Å². The first kappa shape index (κ1) is 19.6. The van der Waals surface area contributed by atoms with Gasteiger partial charge in [0.15, 0.2) is 6.67 Å². The average Bonchev–Trinajstić information content (AvgIpc) is 3.53. The van der Waals surface area contributed by atoms with Crippen LogP contribution in [0.4, 0.5) is 4.79 Å². The highest BCUT2D eigenvalue weighted by Gasteiger charge is 2.51. The zero-order valence-electron chi connectivity index (χ0n) is 17.4. The second-order valence-corrected chi connectivity index (χ2v) is 8.82. The van der Waals surface area contributed by atoms with Crippen molar-refractivity contribution in [3.8, 4) is 0 Å². The zero-order valence-corrected chi connectivity index (χ0v) is 17.4. The largest absolute Gasteiger partial charge is 0.329 e. The molecule has 1 unspecified atom stereocenters. The summed E-state index contributed by atoms with van der Waals surface area (Å²) in [5.74, 6) is 0.347. The van der Waals surface area contributed by atoms with Crippen LogP contribution >= 0.6 is 0 Å². The van der Waals surface area contributed by atoms with Gasteiger partial charge in [0.1, 0.15) is 12.1 Å². The van der Waals surface area contributed by atoms with Crippen LogP contribution in [0, 0.1) is 0 Å². The monoisotopic (exact) mass is 392 g/mol. The molecule has 5 nitrogen and oxygen atoms in total. The summed E-state index contributed by atoms with van der Waals surface area (Å²) < 4.78 is 0. The average molecular weight is 393 g/mol. The van der Waals surface area contributed by atoms with Crippen molar-refractivity contribution in [2.24, 2.45) is 0 Å². The molecule has 1 heterocycles. The van der Waals surface area contributed by atoms with Gasteiger partial charge in [0, 0.05) is 18.4 Å². The first-order chi connectivity index (χ1) is 13.9. The van der Waals surface area contributed by atoms with Crippen molar-refractivity contribution in [3.05, 3.63) is 71.3 Å². The number of imide groups is 1. The van der Waals surface area contributed by atoms with Crippen LogP contribution in [0.1, 0.15) is 56.2 Å². The van der Waals surface area contributed by atoms with Crippen molar-refractivity contribution >= 4 is 11.9 Å². The Bertz CT molecular complexity index is 890. The lowest BCUT2D eigenvalue weighted by Crippen LogP contribution is -3.13. The minimum atomic E-state index is -0.994. The van der Waals surface area contributed by atoms with E-state index in [0.29, 0.717) is 18.6 Å². The summed E-state index contributed by atoms with van der Waals surface area (Å²) >= 11 is 0. The van der Waals surface area contributed by atoms with E-state index in [-0.39, 0.29) is 11.9 Å². The third-order valence-corrected chi connectivity index (χ3v) is 6.22. The number of benzene rings is 2. The lowest BCUT2D eigenvalue weighted by atomic mass is 9.92. The maximum atomic E-state index is 13.2. The van der Waals surface area contributed by atoms with E-state index >= 15 is 0 Å². The molecule has 0 bridgehead atoms. The van der Waals surface area contributed by atoms with Crippen LogP contribution in [0.3, 0.4) is 0 Å². The Morgan fingerprint density at radius 2 is 1.72 bits per heavy atom. The van der Waals surface area contributed by atoms with Gasteiger partial charge in [-0.1, -0.05) is 68.4 Å². The first-order valence-electron chi connectivity index (χ1n) is 10.5. The Balaban J connectivity index is 1.50. The molecule has 3 amide bonds. The molecule has 2 aliphatic rings. The number of carbonyl (C=O) groups is 2. The van der Waals surface area contributed by atoms with Gasteiger partial charge in [0.2, 0.25) is 0 Å². The van der Waals surface area contributed by atoms with Gasteiger partial charge in [-0.2, -0.15) is 0 Å². The molecule has 1 aliphatic carbocycles. The molecule has 0 aromatic heterocycles. The fourth-order valence-electron chi connectivity index (χ4n) is 4.11. The summed E-state index contributed by atoms with van der Waals surface area (Å²) in [7, 11) is 0. The van der Waals surface area contributed by atoms with E-state index in [9.17, 15) is 9.59 Å². The van der Waals surface area contributed by atoms with Crippen LogP contribution in [0.25, 0.3) is 0 Å². The standard InChI is InChI=1S/C24H29N3O2/c1-17(2)19-11-9-18(10-12-19)15-26(21-13-14-21)16-27-22(28)24(3,25-23(27)29)20-7-5-4-6-8-20/h4-12,17,21H,13-16H2,1-3H3,(H,25,29)/p+1/t24-/m0/s1. The van der Waals surface area contributed by atoms with Crippen LogP contribution < -0.4 is 10.2 Å². The van der Waals surface area contributed by atoms with Gasteiger partial charge in [-0.15, -0.1) is 0 Å². The fourth-order valence-corrected chi connectivity index (χ4v) is 4.11. The molecule has 2 aromatic carbocycles. The van der Waals surface area contributed by atoms with Crippen LogP contribution in [0.2, 0.25) is 0 Å². The SMILES string of the molecule is CC(C)c1ccc(C[NH+](CN2C(=O)N[C@@](C)(c3ccccc3)C2=O)C2CC2)cc1. The first-order valence-corrected chi connectivity index (χ1v) is 10.5. The highest BCUT2D eigenvalue weighted by molar-refractivity contribution is 6.07. The summed E-state index contributed by atoms with van der Waals surface area (Å²) in [6, 6.07) is 18.4. The van der Waals surface area contributed by atoms with Gasteiger partial charge in [0.05, 0.1) is 6.04 Å². The molecule has 152 valence electrons. The number of quaternary nitrogens is 1. The molecule has 0 radical (unpaired) electrons. The predicted octanol–water partition coefficient (Wildman–Crippen LogP) is 2.78. The number of hydrogen-bond acceptors (Lipinski definition) is 2. The quantitative estimate of drug-likeness (QED) is 0.712. The van der Waals surface area contributed by atoms with Gasteiger partial charge < -0.3 is 10.2 Å². The van der Waals surface area contributed by atoms with E-state index in [1.807, 2.05) is 30.3 Å². The number of amides is 3. The van der Waals surface area contributed by atoms with Crippen molar-refractivity contribution in [2.45, 2.75) is 57.7 Å². The van der Waals surface area contributed by atoms with E-state index in [4.69, 9.17) is 0 Å². The van der Waals surface area contributed by atoms with Crippen molar-refractivity contribution in [3.63, 3.8) is 0 Å². The van der Waals surface area contributed by atoms with Crippen molar-refractivity contribution in [2.75, 3.05) is 6.67 Å². The van der Waals surface area contributed by atoms with Gasteiger partial charge >= 0.3 is 6.03 Å². The molecule has 1 aliphatic heterocycles. The van der Waals surface area contributed by atoms with Gasteiger partial charge in [-0.05, 0) is 24.0 Å². The number of urea groups is 1. The lowest BCUT2D eigenvalue weighted by molar-refractivity contribution is -0.931. The van der Waals surface area contributed by atoms with Crippen molar-refractivity contribution in [1.82, 2.24) is 10.2 Å². The van der Waals surface area contributed by atoms with Crippen LogP contribution in [0.5, 0.6) is 0 Å². The number of nitrogens with zero attached hydrogens (tertiary/aromatic N) is 1. The summed E-state index contributed by atoms with van der Waals surface area (Å²) in [6.45, 7) is 7.41. The molecule has 29 heavy (non-hydrogen) atoms. The highest BCUT2D eigenvalue weighted by atomic mass is 16.2. The molecule has 2 fully saturated rings. The Labute approximate surface area is 172 Å². The van der Waals surface area contributed by atoms with Crippen molar-refractivity contribution in [1.29, 1.82) is 0 Å². The fraction of sp³-hybridized carbons (Fsp3) is 0.417. The van der Waals surface area contributed by atoms with Gasteiger partial charge in [-0.3, -0.25) is 4.79 Å². The summed E-state index contributed by atoms with van der Waals surface area (Å²) in [4.78, 5) is 28.6. The topological polar surface area (TPSA) is 53.9 Å². The molecule has 1 saturated heterocycles. The summed E-state index contributed by atoms with van der Waals surface area (Å²) in [5, 5.41) is 2.92. The Hall–Kier alpha value is -2.66. The minimum Gasteiger partial charge on any atom is -0.319 e. The zero-order chi connectivity index (χ0) is 20.6. The molecular formula is C24H30N3O2+. The molecule has 0 spiro atoms. The van der Waals surface area contributed by atoms with Crippen LogP contribution in [-0.2, 0) is 16.9 Å². The lowest BCUT2D eigenvalue weighted by Gasteiger charge is -2.25. The smallest absolute Gasteiger partial charge is 0.319 e. The molecule has 2 aromatic rings. The molecule has 2 atom stereocenters. The number of rotatable bonds is 7. The van der Waals surface area contributed by atoms with Crippen LogP contribution in [-0.4, -0.2) is 29.5 Å². The third-order valence-electron chi connectivity index (χ3n) is 6.22. The van der Waals surface area contributed by atoms with Gasteiger partial charge in [-0.25, -0.2) is 9.69 Å².